The number of fused-ring (bicyclic) bond motifs is 4. The average Bonchev–Trinajstić information content (AvgIpc) is 3.45. The van der Waals surface area contributed by atoms with Crippen LogP contribution < -0.4 is 14.4 Å². The fourth-order valence-electron chi connectivity index (χ4n) is 7.98. The molecule has 6 heterocycles. The Kier molecular flexibility index (Phi) is 6.08. The highest BCUT2D eigenvalue weighted by atomic mass is 19.1. The first-order valence-electron chi connectivity index (χ1n) is 15.2. The maximum atomic E-state index is 16.8. The number of morpholine rings is 1. The second-order valence-corrected chi connectivity index (χ2v) is 12.7. The summed E-state index contributed by atoms with van der Waals surface area (Å²) >= 11 is 0. The Morgan fingerprint density at radius 2 is 2.10 bits per heavy atom. The molecule has 3 fully saturated rings. The number of pyridine rings is 1. The molecule has 0 radical (unpaired) electrons. The lowest BCUT2D eigenvalue weighted by Crippen LogP contribution is -2.48. The molecule has 1 N–H and O–H groups in total. The van der Waals surface area contributed by atoms with E-state index < -0.39 is 5.82 Å². The van der Waals surface area contributed by atoms with Crippen molar-refractivity contribution in [3.63, 3.8) is 0 Å². The lowest BCUT2D eigenvalue weighted by atomic mass is 9.80. The van der Waals surface area contributed by atoms with Crippen LogP contribution in [0.4, 0.5) is 10.2 Å². The van der Waals surface area contributed by atoms with E-state index in [1.54, 1.807) is 12.1 Å². The van der Waals surface area contributed by atoms with Crippen LogP contribution in [0.2, 0.25) is 0 Å². The zero-order valence-corrected chi connectivity index (χ0v) is 24.0. The van der Waals surface area contributed by atoms with E-state index in [-0.39, 0.29) is 40.5 Å². The number of phenols is 1. The van der Waals surface area contributed by atoms with E-state index in [1.807, 2.05) is 0 Å². The topological polar surface area (TPSA) is 93.1 Å². The minimum atomic E-state index is -0.557. The van der Waals surface area contributed by atoms with Crippen LogP contribution in [0.1, 0.15) is 56.1 Å². The first-order valence-corrected chi connectivity index (χ1v) is 15.2. The Hall–Kier alpha value is -3.50. The van der Waals surface area contributed by atoms with Crippen LogP contribution in [-0.4, -0.2) is 82.6 Å². The molecule has 3 saturated heterocycles. The van der Waals surface area contributed by atoms with Crippen molar-refractivity contribution in [2.45, 2.75) is 62.9 Å². The number of nitrogens with zero attached hydrogens (tertiary/aromatic N) is 5. The predicted octanol–water partition coefficient (Wildman–Crippen LogP) is 4.75. The monoisotopic (exact) mass is 573 g/mol. The quantitative estimate of drug-likeness (QED) is 0.444. The summed E-state index contributed by atoms with van der Waals surface area (Å²) in [6.07, 6.45) is 5.90. The third-order valence-corrected chi connectivity index (χ3v) is 9.91. The lowest BCUT2D eigenvalue weighted by Gasteiger charge is -2.35. The van der Waals surface area contributed by atoms with Crippen LogP contribution in [0.5, 0.6) is 17.6 Å². The van der Waals surface area contributed by atoms with Gasteiger partial charge in [0, 0.05) is 18.7 Å². The van der Waals surface area contributed by atoms with E-state index in [0.29, 0.717) is 55.6 Å². The molecule has 2 aromatic heterocycles. The molecule has 10 heteroatoms. The van der Waals surface area contributed by atoms with Gasteiger partial charge in [0.1, 0.15) is 41.4 Å². The normalized spacial score (nSPS) is 26.9. The second kappa shape index (κ2) is 9.77. The Bertz CT molecular complexity index is 1610. The van der Waals surface area contributed by atoms with E-state index in [1.165, 1.54) is 5.57 Å². The minimum Gasteiger partial charge on any atom is -0.508 e. The van der Waals surface area contributed by atoms with Crippen molar-refractivity contribution in [3.05, 3.63) is 41.2 Å². The van der Waals surface area contributed by atoms with Crippen LogP contribution in [0.15, 0.2) is 24.3 Å². The highest BCUT2D eigenvalue weighted by Gasteiger charge is 2.46. The zero-order chi connectivity index (χ0) is 28.6. The highest BCUT2D eigenvalue weighted by Crippen LogP contribution is 2.46. The maximum Gasteiger partial charge on any atom is 0.319 e. The van der Waals surface area contributed by atoms with E-state index >= 15 is 4.39 Å². The SMILES string of the molecule is C=C1CN2CCC[C@@]2(COc2nc3c4c(nc(-c5cc(O)cc6c5[C@H](C)CCC6)c(F)c4n2)OC[C@@H]2COCCN32)C1. The van der Waals surface area contributed by atoms with Gasteiger partial charge in [-0.25, -0.2) is 9.37 Å². The van der Waals surface area contributed by atoms with Crippen LogP contribution in [-0.2, 0) is 11.2 Å². The molecule has 5 aliphatic rings. The van der Waals surface area contributed by atoms with Crippen LogP contribution in [0.25, 0.3) is 22.2 Å². The summed E-state index contributed by atoms with van der Waals surface area (Å²) in [7, 11) is 0. The summed E-state index contributed by atoms with van der Waals surface area (Å²) in [5.41, 5.74) is 4.03. The Morgan fingerprint density at radius 1 is 1.19 bits per heavy atom. The molecule has 4 aliphatic heterocycles. The molecule has 8 rings (SSSR count). The predicted molar refractivity (Wildman–Crippen MR) is 156 cm³/mol. The second-order valence-electron chi connectivity index (χ2n) is 12.7. The number of phenolic OH excluding ortho intramolecular Hbond substituents is 1. The van der Waals surface area contributed by atoms with Gasteiger partial charge in [0.2, 0.25) is 5.88 Å². The number of benzene rings is 1. The third-order valence-electron chi connectivity index (χ3n) is 9.91. The van der Waals surface area contributed by atoms with Crippen molar-refractivity contribution < 1.29 is 23.7 Å². The van der Waals surface area contributed by atoms with Crippen molar-refractivity contribution in [2.75, 3.05) is 51.0 Å². The highest BCUT2D eigenvalue weighted by molar-refractivity contribution is 5.97. The van der Waals surface area contributed by atoms with Crippen molar-refractivity contribution in [3.8, 4) is 28.9 Å². The molecule has 1 aliphatic carbocycles. The van der Waals surface area contributed by atoms with Crippen LogP contribution >= 0.6 is 0 Å². The molecule has 1 aromatic carbocycles. The third kappa shape index (κ3) is 4.06. The molecule has 0 amide bonds. The fourth-order valence-corrected chi connectivity index (χ4v) is 7.98. The first kappa shape index (κ1) is 26.2. The summed E-state index contributed by atoms with van der Waals surface area (Å²) in [5, 5.41) is 11.1. The van der Waals surface area contributed by atoms with Gasteiger partial charge in [0.25, 0.3) is 0 Å². The maximum absolute atomic E-state index is 16.8. The Labute approximate surface area is 244 Å². The van der Waals surface area contributed by atoms with Gasteiger partial charge >= 0.3 is 6.01 Å². The van der Waals surface area contributed by atoms with Gasteiger partial charge in [-0.2, -0.15) is 9.97 Å². The number of ether oxygens (including phenoxy) is 3. The van der Waals surface area contributed by atoms with Gasteiger partial charge in [-0.05, 0) is 74.2 Å². The van der Waals surface area contributed by atoms with Crippen LogP contribution in [0, 0.1) is 5.82 Å². The van der Waals surface area contributed by atoms with Gasteiger partial charge in [-0.15, -0.1) is 0 Å². The standard InChI is InChI=1S/C32H36FN5O4/c1-18-13-32(7-4-8-37(32)14-18)17-42-31-35-28-25-29(36-31)38-9-10-40-15-21(38)16-41-30(25)34-27(26(28)33)23-12-22(39)11-20-6-3-5-19(2)24(20)23/h11-12,19,21,39H,1,3-10,13-17H2,2H3/t19-,21+,32+/m1/s1. The first-order chi connectivity index (χ1) is 20.4. The number of rotatable bonds is 4. The number of aromatic hydroxyl groups is 1. The number of aryl methyl sites for hydroxylation is 1. The van der Waals surface area contributed by atoms with E-state index in [0.717, 1.165) is 62.7 Å². The molecule has 3 atom stereocenters. The zero-order valence-electron chi connectivity index (χ0n) is 24.0. The molecule has 3 aromatic rings. The van der Waals surface area contributed by atoms with Gasteiger partial charge < -0.3 is 24.2 Å². The van der Waals surface area contributed by atoms with Gasteiger partial charge in [0.15, 0.2) is 5.82 Å². The molecule has 0 spiro atoms. The number of hydrogen-bond donors (Lipinski definition) is 1. The van der Waals surface area contributed by atoms with Crippen molar-refractivity contribution >= 4 is 16.7 Å². The van der Waals surface area contributed by atoms with Crippen molar-refractivity contribution in [1.82, 2.24) is 19.9 Å². The summed E-state index contributed by atoms with van der Waals surface area (Å²) in [4.78, 5) is 18.9. The summed E-state index contributed by atoms with van der Waals surface area (Å²) in [6.45, 7) is 10.7. The van der Waals surface area contributed by atoms with E-state index in [2.05, 4.69) is 23.3 Å². The minimum absolute atomic E-state index is 0.0963. The molecule has 42 heavy (non-hydrogen) atoms. The molecule has 0 saturated carbocycles. The van der Waals surface area contributed by atoms with E-state index in [4.69, 9.17) is 29.2 Å². The largest absolute Gasteiger partial charge is 0.508 e. The smallest absolute Gasteiger partial charge is 0.319 e. The lowest BCUT2D eigenvalue weighted by molar-refractivity contribution is 0.0774. The molecule has 220 valence electrons. The average molecular weight is 574 g/mol. The molecular formula is C32H36FN5O4. The van der Waals surface area contributed by atoms with Gasteiger partial charge in [-0.1, -0.05) is 19.1 Å². The van der Waals surface area contributed by atoms with E-state index in [9.17, 15) is 5.11 Å². The van der Waals surface area contributed by atoms with Gasteiger partial charge in [-0.3, -0.25) is 4.90 Å². The Balaban J connectivity index is 1.29. The number of halogens is 1. The number of aromatic nitrogens is 3. The summed E-state index contributed by atoms with van der Waals surface area (Å²) in [5.74, 6) is 0.619. The number of hydrogen-bond acceptors (Lipinski definition) is 9. The Morgan fingerprint density at radius 3 is 3.00 bits per heavy atom. The molecule has 0 unspecified atom stereocenters. The summed E-state index contributed by atoms with van der Waals surface area (Å²) in [6, 6.07) is 3.48. The molecular weight excluding hydrogens is 537 g/mol. The van der Waals surface area contributed by atoms with Gasteiger partial charge in [0.05, 0.1) is 24.8 Å². The fraction of sp³-hybridized carbons (Fsp3) is 0.531. The van der Waals surface area contributed by atoms with Crippen molar-refractivity contribution in [1.29, 1.82) is 0 Å². The number of anilines is 1. The molecule has 0 bridgehead atoms. The molecule has 9 nitrogen and oxygen atoms in total. The van der Waals surface area contributed by atoms with Crippen molar-refractivity contribution in [2.24, 2.45) is 0 Å². The summed E-state index contributed by atoms with van der Waals surface area (Å²) < 4.78 is 35.2. The van der Waals surface area contributed by atoms with Crippen LogP contribution in [0.3, 0.4) is 0 Å².